The van der Waals surface area contributed by atoms with E-state index in [9.17, 15) is 14.0 Å². The fraction of sp³-hybridized carbons (Fsp3) is 0.154. The van der Waals surface area contributed by atoms with Crippen molar-refractivity contribution in [2.45, 2.75) is 6.92 Å². The molecule has 1 N–H and O–H groups in total. The van der Waals surface area contributed by atoms with E-state index >= 15 is 0 Å². The van der Waals surface area contributed by atoms with E-state index in [1.54, 1.807) is 6.20 Å². The van der Waals surface area contributed by atoms with E-state index in [1.807, 2.05) is 6.92 Å². The molecule has 0 aliphatic heterocycles. The van der Waals surface area contributed by atoms with E-state index in [4.69, 9.17) is 4.74 Å². The Kier molecular flexibility index (Phi) is 4.41. The molecule has 1 heterocycles. The lowest BCUT2D eigenvalue weighted by atomic mass is 10.2. The van der Waals surface area contributed by atoms with Crippen LogP contribution in [0.3, 0.4) is 0 Å². The summed E-state index contributed by atoms with van der Waals surface area (Å²) >= 11 is 1.31. The summed E-state index contributed by atoms with van der Waals surface area (Å²) in [5, 5.41) is 2.91. The average molecular weight is 294 g/mol. The third-order valence-corrected chi connectivity index (χ3v) is 3.12. The number of hydrogen-bond donors (Lipinski definition) is 1. The third-order valence-electron chi connectivity index (χ3n) is 2.30. The van der Waals surface area contributed by atoms with Gasteiger partial charge in [-0.1, -0.05) is 12.1 Å². The van der Waals surface area contributed by atoms with Crippen molar-refractivity contribution in [1.29, 1.82) is 0 Å². The molecule has 2 rings (SSSR count). The lowest BCUT2D eigenvalue weighted by molar-refractivity contribution is -0.119. The largest absolute Gasteiger partial charge is 0.452 e. The van der Waals surface area contributed by atoms with Crippen LogP contribution in [-0.2, 0) is 9.53 Å². The number of hydrogen-bond acceptors (Lipinski definition) is 5. The van der Waals surface area contributed by atoms with Crippen LogP contribution < -0.4 is 5.32 Å². The number of benzene rings is 1. The zero-order valence-electron chi connectivity index (χ0n) is 10.6. The molecular weight excluding hydrogens is 283 g/mol. The van der Waals surface area contributed by atoms with Crippen LogP contribution in [0.5, 0.6) is 0 Å². The number of anilines is 1. The standard InChI is InChI=1S/C13H11FN2O3S/c1-8-6-15-13(20-8)16-11(17)7-19-12(18)9-4-2-3-5-10(9)14/h2-6H,7H2,1H3,(H,15,16,17). The highest BCUT2D eigenvalue weighted by Gasteiger charge is 2.14. The minimum Gasteiger partial charge on any atom is -0.452 e. The quantitative estimate of drug-likeness (QED) is 0.879. The van der Waals surface area contributed by atoms with Crippen molar-refractivity contribution >= 4 is 28.3 Å². The van der Waals surface area contributed by atoms with Crippen molar-refractivity contribution < 1.29 is 18.7 Å². The second-order valence-electron chi connectivity index (χ2n) is 3.88. The summed E-state index contributed by atoms with van der Waals surface area (Å²) in [5.41, 5.74) is -0.203. The normalized spacial score (nSPS) is 10.1. The van der Waals surface area contributed by atoms with Crippen molar-refractivity contribution in [3.8, 4) is 0 Å². The minimum atomic E-state index is -0.881. The van der Waals surface area contributed by atoms with Gasteiger partial charge in [0.1, 0.15) is 5.82 Å². The van der Waals surface area contributed by atoms with Crippen LogP contribution in [0.4, 0.5) is 9.52 Å². The molecule has 0 saturated heterocycles. The number of carbonyl (C=O) groups excluding carboxylic acids is 2. The van der Waals surface area contributed by atoms with Gasteiger partial charge in [-0.25, -0.2) is 14.2 Å². The Morgan fingerprint density at radius 1 is 1.40 bits per heavy atom. The van der Waals surface area contributed by atoms with Gasteiger partial charge in [0.15, 0.2) is 11.7 Å². The first-order chi connectivity index (χ1) is 9.56. The second kappa shape index (κ2) is 6.25. The molecular formula is C13H11FN2O3S. The number of esters is 1. The number of ether oxygens (including phenoxy) is 1. The minimum absolute atomic E-state index is 0.203. The number of carbonyl (C=O) groups is 2. The smallest absolute Gasteiger partial charge is 0.341 e. The second-order valence-corrected chi connectivity index (χ2v) is 5.11. The maximum absolute atomic E-state index is 13.3. The first-order valence-corrected chi connectivity index (χ1v) is 6.52. The van der Waals surface area contributed by atoms with Gasteiger partial charge in [-0.15, -0.1) is 11.3 Å². The first-order valence-electron chi connectivity index (χ1n) is 5.70. The summed E-state index contributed by atoms with van der Waals surface area (Å²) in [4.78, 5) is 28.0. The molecule has 0 unspecified atom stereocenters. The van der Waals surface area contributed by atoms with Crippen molar-refractivity contribution in [2.75, 3.05) is 11.9 Å². The highest BCUT2D eigenvalue weighted by Crippen LogP contribution is 2.16. The van der Waals surface area contributed by atoms with Gasteiger partial charge in [0.2, 0.25) is 0 Å². The van der Waals surface area contributed by atoms with Gasteiger partial charge in [0, 0.05) is 11.1 Å². The summed E-state index contributed by atoms with van der Waals surface area (Å²) in [6.07, 6.45) is 1.62. The average Bonchev–Trinajstić information content (AvgIpc) is 2.82. The van der Waals surface area contributed by atoms with Crippen LogP contribution in [0.25, 0.3) is 0 Å². The summed E-state index contributed by atoms with van der Waals surface area (Å²) in [6.45, 7) is 1.36. The van der Waals surface area contributed by atoms with Gasteiger partial charge < -0.3 is 4.74 Å². The molecule has 5 nitrogen and oxygen atoms in total. The monoisotopic (exact) mass is 294 g/mol. The number of nitrogens with zero attached hydrogens (tertiary/aromatic N) is 1. The van der Waals surface area contributed by atoms with E-state index in [-0.39, 0.29) is 5.56 Å². The van der Waals surface area contributed by atoms with Crippen LogP contribution in [-0.4, -0.2) is 23.5 Å². The third kappa shape index (κ3) is 3.61. The molecule has 1 amide bonds. The topological polar surface area (TPSA) is 68.3 Å². The van der Waals surface area contributed by atoms with Crippen LogP contribution in [0.2, 0.25) is 0 Å². The fourth-order valence-electron chi connectivity index (χ4n) is 1.40. The molecule has 1 aromatic carbocycles. The summed E-state index contributed by atoms with van der Waals surface area (Å²) in [7, 11) is 0. The molecule has 1 aromatic heterocycles. The molecule has 0 aliphatic carbocycles. The van der Waals surface area contributed by atoms with E-state index in [0.29, 0.717) is 5.13 Å². The maximum atomic E-state index is 13.3. The number of aryl methyl sites for hydroxylation is 1. The molecule has 104 valence electrons. The number of nitrogens with one attached hydrogen (secondary N) is 1. The van der Waals surface area contributed by atoms with E-state index in [0.717, 1.165) is 10.9 Å². The van der Waals surface area contributed by atoms with Gasteiger partial charge in [-0.3, -0.25) is 10.1 Å². The number of halogens is 1. The SMILES string of the molecule is Cc1cnc(NC(=O)COC(=O)c2ccccc2F)s1. The molecule has 0 atom stereocenters. The number of thiazole rings is 1. The van der Waals surface area contributed by atoms with Crippen molar-refractivity contribution in [2.24, 2.45) is 0 Å². The maximum Gasteiger partial charge on any atom is 0.341 e. The highest BCUT2D eigenvalue weighted by molar-refractivity contribution is 7.15. The predicted molar refractivity (Wildman–Crippen MR) is 72.2 cm³/mol. The molecule has 0 bridgehead atoms. The lowest BCUT2D eigenvalue weighted by Gasteiger charge is -2.05. The summed E-state index contributed by atoms with van der Waals surface area (Å²) in [5.74, 6) is -2.09. The fourth-order valence-corrected chi connectivity index (χ4v) is 2.08. The molecule has 0 aliphatic rings. The molecule has 0 fully saturated rings. The summed E-state index contributed by atoms with van der Waals surface area (Å²) in [6, 6.07) is 5.41. The molecule has 7 heteroatoms. The zero-order chi connectivity index (χ0) is 14.5. The van der Waals surface area contributed by atoms with Crippen molar-refractivity contribution in [3.63, 3.8) is 0 Å². The van der Waals surface area contributed by atoms with Gasteiger partial charge in [0.05, 0.1) is 5.56 Å². The first kappa shape index (κ1) is 14.1. The number of amides is 1. The van der Waals surface area contributed by atoms with Crippen LogP contribution in [0.15, 0.2) is 30.5 Å². The highest BCUT2D eigenvalue weighted by atomic mass is 32.1. The van der Waals surface area contributed by atoms with Gasteiger partial charge in [-0.2, -0.15) is 0 Å². The molecule has 0 spiro atoms. The van der Waals surface area contributed by atoms with E-state index in [1.165, 1.54) is 29.5 Å². The Hall–Kier alpha value is -2.28. The van der Waals surface area contributed by atoms with Gasteiger partial charge in [-0.05, 0) is 19.1 Å². The molecule has 20 heavy (non-hydrogen) atoms. The van der Waals surface area contributed by atoms with Crippen LogP contribution >= 0.6 is 11.3 Å². The number of aromatic nitrogens is 1. The van der Waals surface area contributed by atoms with Gasteiger partial charge >= 0.3 is 5.97 Å². The van der Waals surface area contributed by atoms with Crippen LogP contribution in [0.1, 0.15) is 15.2 Å². The molecule has 0 radical (unpaired) electrons. The Morgan fingerprint density at radius 2 is 2.15 bits per heavy atom. The van der Waals surface area contributed by atoms with E-state index in [2.05, 4.69) is 10.3 Å². The summed E-state index contributed by atoms with van der Waals surface area (Å²) < 4.78 is 18.0. The Labute approximate surface area is 118 Å². The lowest BCUT2D eigenvalue weighted by Crippen LogP contribution is -2.21. The van der Waals surface area contributed by atoms with Crippen molar-refractivity contribution in [1.82, 2.24) is 4.98 Å². The Balaban J connectivity index is 1.87. The predicted octanol–water partition coefficient (Wildman–Crippen LogP) is 2.39. The van der Waals surface area contributed by atoms with Crippen LogP contribution in [0, 0.1) is 12.7 Å². The zero-order valence-corrected chi connectivity index (χ0v) is 11.4. The Morgan fingerprint density at radius 3 is 2.80 bits per heavy atom. The van der Waals surface area contributed by atoms with Gasteiger partial charge in [0.25, 0.3) is 5.91 Å². The molecule has 0 saturated carbocycles. The Bertz CT molecular complexity index is 642. The van der Waals surface area contributed by atoms with E-state index < -0.39 is 24.3 Å². The van der Waals surface area contributed by atoms with Crippen molar-refractivity contribution in [3.05, 3.63) is 46.7 Å². The molecule has 2 aromatic rings. The number of rotatable bonds is 4.